The van der Waals surface area contributed by atoms with Crippen molar-refractivity contribution in [3.8, 4) is 22.4 Å². The molecule has 2 aromatic heterocycles. The maximum Gasteiger partial charge on any atom is 0.153 e. The largest absolute Gasteiger partial charge is 0.472 e. The number of aryl methyl sites for hydroxylation is 1. The van der Waals surface area contributed by atoms with E-state index >= 15 is 0 Å². The summed E-state index contributed by atoms with van der Waals surface area (Å²) in [6.45, 7) is 2.06. The zero-order valence-corrected chi connectivity index (χ0v) is 9.97. The van der Waals surface area contributed by atoms with Crippen LogP contribution in [-0.2, 0) is 0 Å². The van der Waals surface area contributed by atoms with Crippen molar-refractivity contribution < 1.29 is 4.42 Å². The van der Waals surface area contributed by atoms with Gasteiger partial charge in [0.2, 0.25) is 0 Å². The number of hydrogen-bond acceptors (Lipinski definition) is 3. The monoisotopic (exact) mass is 239 g/mol. The number of anilines is 1. The molecule has 0 aliphatic heterocycles. The van der Waals surface area contributed by atoms with Crippen molar-refractivity contribution in [1.29, 1.82) is 0 Å². The molecule has 0 bridgehead atoms. The van der Waals surface area contributed by atoms with Crippen LogP contribution in [0, 0.1) is 6.92 Å². The molecule has 0 unspecified atom stereocenters. The number of furan rings is 1. The van der Waals surface area contributed by atoms with E-state index in [0.717, 1.165) is 27.9 Å². The number of benzene rings is 1. The first-order chi connectivity index (χ1) is 8.77. The Morgan fingerprint density at radius 3 is 2.78 bits per heavy atom. The van der Waals surface area contributed by atoms with Crippen molar-refractivity contribution in [1.82, 2.24) is 10.2 Å². The lowest BCUT2D eigenvalue weighted by Crippen LogP contribution is -1.90. The molecule has 3 rings (SSSR count). The number of nitrogen functional groups attached to an aromatic ring is 1. The Bertz CT molecular complexity index is 668. The van der Waals surface area contributed by atoms with Crippen LogP contribution in [0.25, 0.3) is 22.4 Å². The summed E-state index contributed by atoms with van der Waals surface area (Å²) in [7, 11) is 0. The number of nitrogens with zero attached hydrogens (tertiary/aromatic N) is 1. The zero-order chi connectivity index (χ0) is 12.5. The van der Waals surface area contributed by atoms with Crippen LogP contribution in [0.15, 0.2) is 47.3 Å². The van der Waals surface area contributed by atoms with E-state index in [1.54, 1.807) is 12.5 Å². The number of H-pyrrole nitrogens is 1. The number of aromatic amines is 1. The number of hydrogen-bond donors (Lipinski definition) is 2. The van der Waals surface area contributed by atoms with Gasteiger partial charge in [0.15, 0.2) is 5.82 Å². The normalized spacial score (nSPS) is 10.7. The van der Waals surface area contributed by atoms with Crippen LogP contribution in [-0.4, -0.2) is 10.2 Å². The summed E-state index contributed by atoms with van der Waals surface area (Å²) in [6, 6.07) is 9.98. The Kier molecular flexibility index (Phi) is 2.41. The molecule has 0 atom stereocenters. The maximum absolute atomic E-state index is 5.98. The summed E-state index contributed by atoms with van der Waals surface area (Å²) < 4.78 is 5.11. The highest BCUT2D eigenvalue weighted by Gasteiger charge is 2.16. The standard InChI is InChI=1S/C14H13N3O/c1-9-4-2-3-5-11(9)12-13(16-17-14(12)15)10-6-7-18-8-10/h2-8H,1H3,(H3,15,16,17). The third-order valence-electron chi connectivity index (χ3n) is 3.02. The minimum atomic E-state index is 0.500. The fourth-order valence-corrected chi connectivity index (χ4v) is 2.10. The molecule has 0 aliphatic carbocycles. The van der Waals surface area contributed by atoms with Gasteiger partial charge in [0.05, 0.1) is 23.8 Å². The lowest BCUT2D eigenvalue weighted by atomic mass is 9.98. The minimum Gasteiger partial charge on any atom is -0.472 e. The summed E-state index contributed by atoms with van der Waals surface area (Å²) >= 11 is 0. The number of nitrogens with two attached hydrogens (primary N) is 1. The smallest absolute Gasteiger partial charge is 0.153 e. The number of rotatable bonds is 2. The molecule has 3 aromatic rings. The van der Waals surface area contributed by atoms with Gasteiger partial charge >= 0.3 is 0 Å². The van der Waals surface area contributed by atoms with Gasteiger partial charge < -0.3 is 10.2 Å². The topological polar surface area (TPSA) is 67.8 Å². The predicted octanol–water partition coefficient (Wildman–Crippen LogP) is 3.23. The van der Waals surface area contributed by atoms with E-state index in [-0.39, 0.29) is 0 Å². The van der Waals surface area contributed by atoms with Crippen molar-refractivity contribution in [2.75, 3.05) is 5.73 Å². The van der Waals surface area contributed by atoms with Gasteiger partial charge in [-0.3, -0.25) is 5.10 Å². The summed E-state index contributed by atoms with van der Waals surface area (Å²) in [4.78, 5) is 0. The molecule has 0 aliphatic rings. The second-order valence-electron chi connectivity index (χ2n) is 4.19. The fourth-order valence-electron chi connectivity index (χ4n) is 2.10. The van der Waals surface area contributed by atoms with E-state index in [0.29, 0.717) is 5.82 Å². The molecule has 90 valence electrons. The molecule has 3 N–H and O–H groups in total. The predicted molar refractivity (Wildman–Crippen MR) is 70.9 cm³/mol. The Balaban J connectivity index is 2.24. The second-order valence-corrected chi connectivity index (χ2v) is 4.19. The van der Waals surface area contributed by atoms with Crippen LogP contribution in [0.1, 0.15) is 5.56 Å². The van der Waals surface area contributed by atoms with E-state index in [1.165, 1.54) is 0 Å². The molecule has 2 heterocycles. The lowest BCUT2D eigenvalue weighted by Gasteiger charge is -2.06. The van der Waals surface area contributed by atoms with E-state index in [9.17, 15) is 0 Å². The Labute approximate surface area is 104 Å². The molecule has 0 radical (unpaired) electrons. The van der Waals surface area contributed by atoms with E-state index < -0.39 is 0 Å². The van der Waals surface area contributed by atoms with Crippen LogP contribution >= 0.6 is 0 Å². The maximum atomic E-state index is 5.98. The summed E-state index contributed by atoms with van der Waals surface area (Å²) in [6.07, 6.45) is 3.31. The zero-order valence-electron chi connectivity index (χ0n) is 9.97. The molecule has 0 spiro atoms. The Morgan fingerprint density at radius 2 is 2.06 bits per heavy atom. The average molecular weight is 239 g/mol. The third kappa shape index (κ3) is 1.59. The quantitative estimate of drug-likeness (QED) is 0.721. The minimum absolute atomic E-state index is 0.500. The van der Waals surface area contributed by atoms with Gasteiger partial charge in [-0.15, -0.1) is 0 Å². The Morgan fingerprint density at radius 1 is 1.22 bits per heavy atom. The number of aromatic nitrogens is 2. The van der Waals surface area contributed by atoms with Crippen LogP contribution in [0.4, 0.5) is 5.82 Å². The van der Waals surface area contributed by atoms with Gasteiger partial charge in [-0.2, -0.15) is 5.10 Å². The fraction of sp³-hybridized carbons (Fsp3) is 0.0714. The van der Waals surface area contributed by atoms with Crippen molar-refractivity contribution in [3.05, 3.63) is 48.4 Å². The molecule has 0 saturated heterocycles. The van der Waals surface area contributed by atoms with Crippen molar-refractivity contribution in [2.24, 2.45) is 0 Å². The molecular formula is C14H13N3O. The molecular weight excluding hydrogens is 226 g/mol. The van der Waals surface area contributed by atoms with Crippen LogP contribution in [0.5, 0.6) is 0 Å². The summed E-state index contributed by atoms with van der Waals surface area (Å²) in [5, 5.41) is 7.07. The van der Waals surface area contributed by atoms with E-state index in [2.05, 4.69) is 23.2 Å². The lowest BCUT2D eigenvalue weighted by molar-refractivity contribution is 0.568. The van der Waals surface area contributed by atoms with E-state index in [1.807, 2.05) is 24.3 Å². The van der Waals surface area contributed by atoms with Gasteiger partial charge in [-0.25, -0.2) is 0 Å². The second kappa shape index (κ2) is 4.07. The molecule has 4 heteroatoms. The highest BCUT2D eigenvalue weighted by atomic mass is 16.3. The Hall–Kier alpha value is -2.49. The molecule has 0 amide bonds. The van der Waals surface area contributed by atoms with Gasteiger partial charge in [-0.1, -0.05) is 24.3 Å². The summed E-state index contributed by atoms with van der Waals surface area (Å²) in [5.41, 5.74) is 11.0. The van der Waals surface area contributed by atoms with Gasteiger partial charge in [0.1, 0.15) is 0 Å². The highest BCUT2D eigenvalue weighted by Crippen LogP contribution is 2.36. The van der Waals surface area contributed by atoms with Crippen LogP contribution < -0.4 is 5.73 Å². The van der Waals surface area contributed by atoms with Crippen molar-refractivity contribution in [2.45, 2.75) is 6.92 Å². The first-order valence-corrected chi connectivity index (χ1v) is 5.70. The first kappa shape index (κ1) is 10.7. The van der Waals surface area contributed by atoms with E-state index in [4.69, 9.17) is 10.2 Å². The van der Waals surface area contributed by atoms with Crippen LogP contribution in [0.2, 0.25) is 0 Å². The van der Waals surface area contributed by atoms with Crippen LogP contribution in [0.3, 0.4) is 0 Å². The molecule has 1 aromatic carbocycles. The SMILES string of the molecule is Cc1ccccc1-c1c(N)n[nH]c1-c1ccoc1. The van der Waals surface area contributed by atoms with Gasteiger partial charge in [0.25, 0.3) is 0 Å². The highest BCUT2D eigenvalue weighted by molar-refractivity contribution is 5.88. The van der Waals surface area contributed by atoms with Gasteiger partial charge in [-0.05, 0) is 24.1 Å². The van der Waals surface area contributed by atoms with Gasteiger partial charge in [0, 0.05) is 5.56 Å². The number of nitrogens with one attached hydrogen (secondary N) is 1. The summed E-state index contributed by atoms with van der Waals surface area (Å²) in [5.74, 6) is 0.500. The average Bonchev–Trinajstić information content (AvgIpc) is 2.99. The third-order valence-corrected chi connectivity index (χ3v) is 3.02. The van der Waals surface area contributed by atoms with Crippen molar-refractivity contribution in [3.63, 3.8) is 0 Å². The molecule has 18 heavy (non-hydrogen) atoms. The first-order valence-electron chi connectivity index (χ1n) is 5.70. The molecule has 0 saturated carbocycles. The van der Waals surface area contributed by atoms with Crippen molar-refractivity contribution >= 4 is 5.82 Å². The molecule has 4 nitrogen and oxygen atoms in total. The molecule has 0 fully saturated rings.